The third-order valence-electron chi connectivity index (χ3n) is 3.85. The molecule has 1 aliphatic carbocycles. The van der Waals surface area contributed by atoms with Crippen molar-refractivity contribution in [3.05, 3.63) is 23.8 Å². The van der Waals surface area contributed by atoms with E-state index >= 15 is 0 Å². The van der Waals surface area contributed by atoms with E-state index in [1.807, 2.05) is 6.07 Å². The molecule has 1 aromatic rings. The number of ether oxygens (including phenoxy) is 3. The van der Waals surface area contributed by atoms with Gasteiger partial charge in [-0.15, -0.1) is 0 Å². The quantitative estimate of drug-likeness (QED) is 0.821. The van der Waals surface area contributed by atoms with Crippen LogP contribution in [-0.2, 0) is 4.79 Å². The minimum atomic E-state index is -0.0799. The summed E-state index contributed by atoms with van der Waals surface area (Å²) in [5.41, 5.74) is 0.765. The Kier molecular flexibility index (Phi) is 5.69. The monoisotopic (exact) mass is 305 g/mol. The number of carbonyl (C=O) groups excluding carboxylic acids is 1. The molecule has 1 saturated carbocycles. The van der Waals surface area contributed by atoms with Gasteiger partial charge in [0.15, 0.2) is 11.5 Å². The van der Waals surface area contributed by atoms with Gasteiger partial charge in [0.25, 0.3) is 0 Å². The zero-order valence-corrected chi connectivity index (χ0v) is 13.3. The van der Waals surface area contributed by atoms with Crippen molar-refractivity contribution in [1.82, 2.24) is 5.32 Å². The van der Waals surface area contributed by atoms with Crippen LogP contribution in [0.5, 0.6) is 17.2 Å². The highest BCUT2D eigenvalue weighted by Gasteiger charge is 2.17. The average Bonchev–Trinajstić information content (AvgIpc) is 3.04. The first-order valence-corrected chi connectivity index (χ1v) is 7.47. The smallest absolute Gasteiger partial charge is 0.244 e. The van der Waals surface area contributed by atoms with Gasteiger partial charge >= 0.3 is 0 Å². The predicted octanol–water partition coefficient (Wildman–Crippen LogP) is 2.78. The van der Waals surface area contributed by atoms with E-state index in [1.165, 1.54) is 18.9 Å². The summed E-state index contributed by atoms with van der Waals surface area (Å²) in [6.07, 6.45) is 7.78. The summed E-state index contributed by atoms with van der Waals surface area (Å²) in [7, 11) is 4.69. The van der Waals surface area contributed by atoms with Crippen LogP contribution < -0.4 is 19.5 Å². The van der Waals surface area contributed by atoms with Gasteiger partial charge in [-0.1, -0.05) is 12.8 Å². The SMILES string of the molecule is COc1ccc(C=CC(=O)NC2CCCC2)c(OC)c1OC. The summed E-state index contributed by atoms with van der Waals surface area (Å²) in [5.74, 6) is 1.57. The van der Waals surface area contributed by atoms with Crippen LogP contribution in [0.25, 0.3) is 6.08 Å². The fourth-order valence-electron chi connectivity index (χ4n) is 2.74. The summed E-state index contributed by atoms with van der Waals surface area (Å²) < 4.78 is 16.0. The van der Waals surface area contributed by atoms with E-state index in [2.05, 4.69) is 5.32 Å². The third-order valence-corrected chi connectivity index (χ3v) is 3.85. The van der Waals surface area contributed by atoms with Crippen LogP contribution in [-0.4, -0.2) is 33.3 Å². The number of methoxy groups -OCH3 is 3. The van der Waals surface area contributed by atoms with Gasteiger partial charge < -0.3 is 19.5 Å². The molecule has 5 heteroatoms. The summed E-state index contributed by atoms with van der Waals surface area (Å²) >= 11 is 0. The molecule has 0 saturated heterocycles. The Morgan fingerprint density at radius 2 is 1.77 bits per heavy atom. The largest absolute Gasteiger partial charge is 0.493 e. The van der Waals surface area contributed by atoms with Crippen molar-refractivity contribution in [2.75, 3.05) is 21.3 Å². The maximum atomic E-state index is 12.0. The number of benzene rings is 1. The Morgan fingerprint density at radius 3 is 2.36 bits per heavy atom. The van der Waals surface area contributed by atoms with Gasteiger partial charge in [0.05, 0.1) is 21.3 Å². The highest BCUT2D eigenvalue weighted by atomic mass is 16.5. The molecule has 0 atom stereocenters. The lowest BCUT2D eigenvalue weighted by Crippen LogP contribution is -2.30. The van der Waals surface area contributed by atoms with Gasteiger partial charge in [0.1, 0.15) is 0 Å². The topological polar surface area (TPSA) is 56.8 Å². The molecule has 5 nitrogen and oxygen atoms in total. The second-order valence-electron chi connectivity index (χ2n) is 5.25. The standard InChI is InChI=1S/C17H23NO4/c1-20-14-10-8-12(16(21-2)17(14)22-3)9-11-15(19)18-13-6-4-5-7-13/h8-11,13H,4-7H2,1-3H3,(H,18,19). The van der Waals surface area contributed by atoms with Crippen LogP contribution in [0.3, 0.4) is 0 Å². The average molecular weight is 305 g/mol. The Labute approximate surface area is 131 Å². The molecular weight excluding hydrogens is 282 g/mol. The van der Waals surface area contributed by atoms with Crippen molar-refractivity contribution in [3.63, 3.8) is 0 Å². The predicted molar refractivity (Wildman–Crippen MR) is 85.5 cm³/mol. The molecule has 1 N–H and O–H groups in total. The molecule has 0 unspecified atom stereocenters. The molecule has 0 spiro atoms. The molecule has 1 aromatic carbocycles. The van der Waals surface area contributed by atoms with Crippen LogP contribution in [0.4, 0.5) is 0 Å². The molecule has 1 amide bonds. The van der Waals surface area contributed by atoms with Crippen molar-refractivity contribution in [2.45, 2.75) is 31.7 Å². The van der Waals surface area contributed by atoms with Crippen LogP contribution in [0, 0.1) is 0 Å². The molecule has 0 radical (unpaired) electrons. The zero-order chi connectivity index (χ0) is 15.9. The van der Waals surface area contributed by atoms with E-state index in [9.17, 15) is 4.79 Å². The van der Waals surface area contributed by atoms with Crippen LogP contribution in [0.15, 0.2) is 18.2 Å². The van der Waals surface area contributed by atoms with Crippen molar-refractivity contribution in [3.8, 4) is 17.2 Å². The molecule has 2 rings (SSSR count). The Balaban J connectivity index is 2.14. The van der Waals surface area contributed by atoms with Gasteiger partial charge in [-0.3, -0.25) is 4.79 Å². The number of carbonyl (C=O) groups is 1. The summed E-state index contributed by atoms with van der Waals surface area (Å²) in [6.45, 7) is 0. The van der Waals surface area contributed by atoms with E-state index in [1.54, 1.807) is 33.5 Å². The fraction of sp³-hybridized carbons (Fsp3) is 0.471. The molecular formula is C17H23NO4. The van der Waals surface area contributed by atoms with E-state index in [0.29, 0.717) is 23.3 Å². The molecule has 0 heterocycles. The van der Waals surface area contributed by atoms with Gasteiger partial charge in [-0.25, -0.2) is 0 Å². The first-order chi connectivity index (χ1) is 10.7. The van der Waals surface area contributed by atoms with E-state index in [-0.39, 0.29) is 5.91 Å². The number of amides is 1. The molecule has 22 heavy (non-hydrogen) atoms. The minimum absolute atomic E-state index is 0.0799. The van der Waals surface area contributed by atoms with Gasteiger partial charge in [-0.2, -0.15) is 0 Å². The maximum Gasteiger partial charge on any atom is 0.244 e. The highest BCUT2D eigenvalue weighted by molar-refractivity contribution is 5.92. The molecule has 0 aromatic heterocycles. The highest BCUT2D eigenvalue weighted by Crippen LogP contribution is 2.40. The summed E-state index contributed by atoms with van der Waals surface area (Å²) in [4.78, 5) is 12.0. The number of nitrogens with one attached hydrogen (secondary N) is 1. The van der Waals surface area contributed by atoms with Crippen LogP contribution in [0.1, 0.15) is 31.2 Å². The second kappa shape index (κ2) is 7.73. The molecule has 1 fully saturated rings. The van der Waals surface area contributed by atoms with Gasteiger partial charge in [-0.05, 0) is 31.1 Å². The lowest BCUT2D eigenvalue weighted by atomic mass is 10.1. The van der Waals surface area contributed by atoms with E-state index in [0.717, 1.165) is 18.4 Å². The molecule has 1 aliphatic rings. The first kappa shape index (κ1) is 16.2. The minimum Gasteiger partial charge on any atom is -0.493 e. The number of rotatable bonds is 6. The number of hydrogen-bond donors (Lipinski definition) is 1. The van der Waals surface area contributed by atoms with E-state index in [4.69, 9.17) is 14.2 Å². The Morgan fingerprint density at radius 1 is 1.09 bits per heavy atom. The van der Waals surface area contributed by atoms with Crippen molar-refractivity contribution in [2.24, 2.45) is 0 Å². The van der Waals surface area contributed by atoms with Crippen molar-refractivity contribution < 1.29 is 19.0 Å². The lowest BCUT2D eigenvalue weighted by Gasteiger charge is -2.14. The van der Waals surface area contributed by atoms with Gasteiger partial charge in [0.2, 0.25) is 11.7 Å². The normalized spacial score (nSPS) is 15.0. The van der Waals surface area contributed by atoms with E-state index < -0.39 is 0 Å². The molecule has 120 valence electrons. The first-order valence-electron chi connectivity index (χ1n) is 7.47. The van der Waals surface area contributed by atoms with Crippen molar-refractivity contribution >= 4 is 12.0 Å². The maximum absolute atomic E-state index is 12.0. The Hall–Kier alpha value is -2.17. The zero-order valence-electron chi connectivity index (χ0n) is 13.3. The molecule has 0 bridgehead atoms. The lowest BCUT2D eigenvalue weighted by molar-refractivity contribution is -0.117. The van der Waals surface area contributed by atoms with Crippen molar-refractivity contribution in [1.29, 1.82) is 0 Å². The fourth-order valence-corrected chi connectivity index (χ4v) is 2.74. The Bertz CT molecular complexity index is 548. The van der Waals surface area contributed by atoms with Crippen LogP contribution >= 0.6 is 0 Å². The second-order valence-corrected chi connectivity index (χ2v) is 5.25. The summed E-state index contributed by atoms with van der Waals surface area (Å²) in [6, 6.07) is 3.93. The molecule has 0 aliphatic heterocycles. The number of hydrogen-bond acceptors (Lipinski definition) is 4. The van der Waals surface area contributed by atoms with Crippen LogP contribution in [0.2, 0.25) is 0 Å². The summed E-state index contributed by atoms with van der Waals surface area (Å²) in [5, 5.41) is 3.02. The van der Waals surface area contributed by atoms with Gasteiger partial charge in [0, 0.05) is 17.7 Å². The third kappa shape index (κ3) is 3.72.